The van der Waals surface area contributed by atoms with E-state index in [1.54, 1.807) is 0 Å². The van der Waals surface area contributed by atoms with Gasteiger partial charge in [-0.2, -0.15) is 0 Å². The van der Waals surface area contributed by atoms with E-state index in [1.165, 1.54) is 19.3 Å². The molecular weight excluding hydrogens is 198 g/mol. The summed E-state index contributed by atoms with van der Waals surface area (Å²) in [6.07, 6.45) is 5.92. The maximum atomic E-state index is 12.3. The van der Waals surface area contributed by atoms with E-state index in [2.05, 4.69) is 5.32 Å². The Bertz CT molecular complexity index is 400. The van der Waals surface area contributed by atoms with E-state index in [0.717, 1.165) is 18.5 Å². The van der Waals surface area contributed by atoms with E-state index in [9.17, 15) is 4.79 Å². The van der Waals surface area contributed by atoms with Crippen molar-refractivity contribution in [1.29, 1.82) is 0 Å². The van der Waals surface area contributed by atoms with Crippen LogP contribution in [0.4, 0.5) is 5.69 Å². The number of carbonyl (C=O) groups is 1. The third-order valence-corrected chi connectivity index (χ3v) is 4.38. The molecule has 0 saturated heterocycles. The number of fused-ring (bicyclic) bond motifs is 1. The van der Waals surface area contributed by atoms with Crippen LogP contribution in [0.25, 0.3) is 0 Å². The molecule has 1 N–H and O–H groups in total. The molecule has 0 spiro atoms. The molecule has 16 heavy (non-hydrogen) atoms. The highest BCUT2D eigenvalue weighted by atomic mass is 16.2. The van der Waals surface area contributed by atoms with E-state index in [1.807, 2.05) is 30.3 Å². The molecule has 0 heterocycles. The monoisotopic (exact) mass is 215 g/mol. The summed E-state index contributed by atoms with van der Waals surface area (Å²) in [5, 5.41) is 3.07. The van der Waals surface area contributed by atoms with E-state index in [4.69, 9.17) is 0 Å². The first-order chi connectivity index (χ1) is 7.81. The van der Waals surface area contributed by atoms with Gasteiger partial charge in [-0.15, -0.1) is 0 Å². The van der Waals surface area contributed by atoms with E-state index in [0.29, 0.717) is 5.92 Å². The number of para-hydroxylation sites is 1. The Hall–Kier alpha value is -1.31. The summed E-state index contributed by atoms with van der Waals surface area (Å²) < 4.78 is 0. The molecule has 0 aliphatic heterocycles. The second-order valence-electron chi connectivity index (χ2n) is 5.10. The molecule has 0 aromatic heterocycles. The van der Waals surface area contributed by atoms with Gasteiger partial charge in [-0.25, -0.2) is 0 Å². The zero-order chi connectivity index (χ0) is 11.0. The summed E-state index contributed by atoms with van der Waals surface area (Å²) in [6.45, 7) is 0. The molecule has 2 fully saturated rings. The minimum Gasteiger partial charge on any atom is -0.326 e. The van der Waals surface area contributed by atoms with Crippen molar-refractivity contribution < 1.29 is 4.79 Å². The average molecular weight is 215 g/mol. The fourth-order valence-corrected chi connectivity index (χ4v) is 3.30. The third kappa shape index (κ3) is 1.36. The van der Waals surface area contributed by atoms with Crippen LogP contribution in [-0.2, 0) is 4.79 Å². The first-order valence-electron chi connectivity index (χ1n) is 6.18. The van der Waals surface area contributed by atoms with Crippen LogP contribution >= 0.6 is 0 Å². The molecule has 2 heteroatoms. The van der Waals surface area contributed by atoms with Gasteiger partial charge in [0, 0.05) is 5.69 Å². The molecule has 2 aliphatic rings. The molecule has 2 aliphatic carbocycles. The van der Waals surface area contributed by atoms with Crippen molar-refractivity contribution in [3.63, 3.8) is 0 Å². The molecule has 0 bridgehead atoms. The number of anilines is 1. The number of hydrogen-bond acceptors (Lipinski definition) is 1. The topological polar surface area (TPSA) is 29.1 Å². The minimum absolute atomic E-state index is 0.00413. The van der Waals surface area contributed by atoms with Crippen LogP contribution in [-0.4, -0.2) is 5.91 Å². The van der Waals surface area contributed by atoms with Gasteiger partial charge in [-0.05, 0) is 43.7 Å². The van der Waals surface area contributed by atoms with Gasteiger partial charge in [0.1, 0.15) is 0 Å². The smallest absolute Gasteiger partial charge is 0.230 e. The van der Waals surface area contributed by atoms with Crippen LogP contribution in [0, 0.1) is 11.3 Å². The van der Waals surface area contributed by atoms with E-state index >= 15 is 0 Å². The molecule has 1 amide bonds. The maximum absolute atomic E-state index is 12.3. The summed E-state index contributed by atoms with van der Waals surface area (Å²) in [5.74, 6) is 0.920. The summed E-state index contributed by atoms with van der Waals surface area (Å²) in [5.41, 5.74) is 0.926. The van der Waals surface area contributed by atoms with E-state index in [-0.39, 0.29) is 11.3 Å². The van der Waals surface area contributed by atoms with Crippen molar-refractivity contribution >= 4 is 11.6 Å². The van der Waals surface area contributed by atoms with Gasteiger partial charge in [0.2, 0.25) is 5.91 Å². The molecule has 84 valence electrons. The van der Waals surface area contributed by atoms with Crippen LogP contribution in [0.5, 0.6) is 0 Å². The van der Waals surface area contributed by atoms with Gasteiger partial charge >= 0.3 is 0 Å². The van der Waals surface area contributed by atoms with Crippen LogP contribution in [0.1, 0.15) is 32.1 Å². The zero-order valence-electron chi connectivity index (χ0n) is 9.41. The summed E-state index contributed by atoms with van der Waals surface area (Å²) >= 11 is 0. The predicted octanol–water partition coefficient (Wildman–Crippen LogP) is 3.21. The number of rotatable bonds is 2. The molecule has 3 rings (SSSR count). The largest absolute Gasteiger partial charge is 0.326 e. The molecule has 0 unspecified atom stereocenters. The molecular formula is C14H17NO. The molecule has 2 nitrogen and oxygen atoms in total. The highest BCUT2D eigenvalue weighted by Gasteiger charge is 2.54. The SMILES string of the molecule is O=C(Nc1ccccc1)[C@@]12CCC[C@@H]1CC2. The van der Waals surface area contributed by atoms with Crippen molar-refractivity contribution in [3.05, 3.63) is 30.3 Å². The van der Waals surface area contributed by atoms with Crippen LogP contribution < -0.4 is 5.32 Å². The second kappa shape index (κ2) is 3.62. The van der Waals surface area contributed by atoms with Gasteiger partial charge in [-0.1, -0.05) is 24.6 Å². The Morgan fingerprint density at radius 1 is 1.19 bits per heavy atom. The summed E-state index contributed by atoms with van der Waals surface area (Å²) in [7, 11) is 0. The highest BCUT2D eigenvalue weighted by molar-refractivity contribution is 5.96. The maximum Gasteiger partial charge on any atom is 0.230 e. The Balaban J connectivity index is 1.74. The number of hydrogen-bond donors (Lipinski definition) is 1. The quantitative estimate of drug-likeness (QED) is 0.806. The summed E-state index contributed by atoms with van der Waals surface area (Å²) in [4.78, 5) is 12.3. The number of amides is 1. The molecule has 0 radical (unpaired) electrons. The van der Waals surface area contributed by atoms with Gasteiger partial charge < -0.3 is 5.32 Å². The van der Waals surface area contributed by atoms with Crippen molar-refractivity contribution in [3.8, 4) is 0 Å². The van der Waals surface area contributed by atoms with Gasteiger partial charge in [0.15, 0.2) is 0 Å². The van der Waals surface area contributed by atoms with E-state index < -0.39 is 0 Å². The minimum atomic E-state index is -0.00413. The fraction of sp³-hybridized carbons (Fsp3) is 0.500. The Morgan fingerprint density at radius 3 is 2.62 bits per heavy atom. The molecule has 1 aromatic rings. The van der Waals surface area contributed by atoms with Gasteiger partial charge in [-0.3, -0.25) is 4.79 Å². The summed E-state index contributed by atoms with van der Waals surface area (Å²) in [6, 6.07) is 9.80. The molecule has 2 atom stereocenters. The first-order valence-corrected chi connectivity index (χ1v) is 6.18. The Morgan fingerprint density at radius 2 is 2.00 bits per heavy atom. The predicted molar refractivity (Wildman–Crippen MR) is 64.1 cm³/mol. The number of carbonyl (C=O) groups excluding carboxylic acids is 1. The fourth-order valence-electron chi connectivity index (χ4n) is 3.30. The van der Waals surface area contributed by atoms with Gasteiger partial charge in [0.25, 0.3) is 0 Å². The average Bonchev–Trinajstić information content (AvgIpc) is 2.56. The van der Waals surface area contributed by atoms with Crippen LogP contribution in [0.3, 0.4) is 0 Å². The normalized spacial score (nSPS) is 31.6. The Labute approximate surface area is 96.1 Å². The number of benzene rings is 1. The molecule has 2 saturated carbocycles. The lowest BCUT2D eigenvalue weighted by molar-refractivity contribution is -0.133. The Kier molecular flexibility index (Phi) is 2.23. The van der Waals surface area contributed by atoms with Gasteiger partial charge in [0.05, 0.1) is 5.41 Å². The zero-order valence-corrected chi connectivity index (χ0v) is 9.41. The van der Waals surface area contributed by atoms with Crippen molar-refractivity contribution in [2.24, 2.45) is 11.3 Å². The first kappa shape index (κ1) is 9.88. The lowest BCUT2D eigenvalue weighted by atomic mass is 9.61. The third-order valence-electron chi connectivity index (χ3n) is 4.38. The number of nitrogens with one attached hydrogen (secondary N) is 1. The lowest BCUT2D eigenvalue weighted by Gasteiger charge is -2.43. The van der Waals surface area contributed by atoms with Crippen molar-refractivity contribution in [2.45, 2.75) is 32.1 Å². The van der Waals surface area contributed by atoms with Crippen LogP contribution in [0.15, 0.2) is 30.3 Å². The standard InChI is InChI=1S/C14H17NO/c16-13(15-12-6-2-1-3-7-12)14-9-4-5-11(14)8-10-14/h1-3,6-7,11H,4-5,8-10H2,(H,15,16)/t11-,14-/m1/s1. The van der Waals surface area contributed by atoms with Crippen LogP contribution in [0.2, 0.25) is 0 Å². The van der Waals surface area contributed by atoms with Crippen molar-refractivity contribution in [1.82, 2.24) is 0 Å². The van der Waals surface area contributed by atoms with Crippen molar-refractivity contribution in [2.75, 3.05) is 5.32 Å². The lowest BCUT2D eigenvalue weighted by Crippen LogP contribution is -2.46. The molecule has 1 aromatic carbocycles. The second-order valence-corrected chi connectivity index (χ2v) is 5.10. The highest BCUT2D eigenvalue weighted by Crippen LogP contribution is 2.57.